The molecule has 0 radical (unpaired) electrons. The predicted octanol–water partition coefficient (Wildman–Crippen LogP) is -4.62. The van der Waals surface area contributed by atoms with E-state index < -0.39 is 171 Å². The second-order valence-corrected chi connectivity index (χ2v) is 18.0. The first-order valence-corrected chi connectivity index (χ1v) is 24.0. The number of benzene rings is 2. The standard InChI is InChI=1S/C48H69N11O17/c1-5-25(4)41(48(75)76)58-38(66)21-51-36(64)20-53-47(74)40(24(2)3)59-46(73)34(23-60)57-45(72)33(19-27-8-12-29(62)13-9-27)56-44(71)31(15-16-35(50)63)54-37(65)22-52-43(70)32(18-26-6-10-28(61)11-7-26)55-42(69)30(49)14-17-39(67)68/h6-13,24-25,30-34,40-41,60-62H,5,14-23,49H2,1-4H3,(H2,50,63)(H,51,64)(H,52,70)(H,53,74)(H,54,65)(H,55,69)(H,56,71)(H,57,72)(H,58,66)(H,59,73)(H,67,68)(H,75,76)/t25-,30-,31-,32-,33-,34-,40-,41-/m0/s1. The number of amides is 10. The van der Waals surface area contributed by atoms with E-state index in [2.05, 4.69) is 47.9 Å². The summed E-state index contributed by atoms with van der Waals surface area (Å²) in [5.74, 6) is -13.3. The number of carbonyl (C=O) groups excluding carboxylic acids is 10. The fourth-order valence-electron chi connectivity index (χ4n) is 6.89. The molecule has 0 heterocycles. The summed E-state index contributed by atoms with van der Waals surface area (Å²) in [6.07, 6.45) is -1.70. The van der Waals surface area contributed by atoms with Crippen LogP contribution >= 0.6 is 0 Å². The molecule has 0 aliphatic heterocycles. The molecule has 2 aromatic rings. The Bertz CT molecular complexity index is 2370. The third kappa shape index (κ3) is 23.2. The van der Waals surface area contributed by atoms with Gasteiger partial charge in [-0.15, -0.1) is 0 Å². The summed E-state index contributed by atoms with van der Waals surface area (Å²) in [5, 5.41) is 69.3. The average Bonchev–Trinajstić information content (AvgIpc) is 3.37. The van der Waals surface area contributed by atoms with Crippen LogP contribution in [0, 0.1) is 11.8 Å². The number of aliphatic hydroxyl groups is 1. The molecular weight excluding hydrogens is 1000 g/mol. The minimum atomic E-state index is -1.77. The lowest BCUT2D eigenvalue weighted by Gasteiger charge is -2.27. The van der Waals surface area contributed by atoms with Crippen LogP contribution < -0.4 is 59.3 Å². The molecule has 418 valence electrons. The maximum atomic E-state index is 14.0. The Hall–Kier alpha value is -8.40. The highest BCUT2D eigenvalue weighted by atomic mass is 16.4. The first-order valence-electron chi connectivity index (χ1n) is 24.0. The summed E-state index contributed by atoms with van der Waals surface area (Å²) in [6, 6.07) is 0.599. The van der Waals surface area contributed by atoms with Crippen LogP contribution in [0.25, 0.3) is 0 Å². The van der Waals surface area contributed by atoms with E-state index in [9.17, 15) is 78.0 Å². The summed E-state index contributed by atoms with van der Waals surface area (Å²) in [4.78, 5) is 153. The lowest BCUT2D eigenvalue weighted by Crippen LogP contribution is -2.60. The highest BCUT2D eigenvalue weighted by Gasteiger charge is 2.33. The molecule has 0 aliphatic rings. The SMILES string of the molecule is CC[C@H](C)[C@H](NC(=O)CNC(=O)CNC(=O)[C@@H](NC(=O)[C@H](CO)NC(=O)[C@H](Cc1ccc(O)cc1)NC(=O)[C@H](CCC(N)=O)NC(=O)CNC(=O)[C@H](Cc1ccc(O)cc1)NC(=O)[C@@H](N)CCC(=O)O)C(C)C)C(=O)O. The zero-order chi connectivity index (χ0) is 57.2. The Kier molecular flexibility index (Phi) is 26.8. The van der Waals surface area contributed by atoms with Crippen molar-refractivity contribution in [2.45, 2.75) is 115 Å². The summed E-state index contributed by atoms with van der Waals surface area (Å²) >= 11 is 0. The van der Waals surface area contributed by atoms with Crippen molar-refractivity contribution in [1.82, 2.24) is 47.9 Å². The Morgan fingerprint density at radius 3 is 1.47 bits per heavy atom. The van der Waals surface area contributed by atoms with E-state index in [1.807, 2.05) is 0 Å². The number of hydrogen-bond donors (Lipinski definition) is 16. The molecule has 28 heteroatoms. The van der Waals surface area contributed by atoms with Crippen molar-refractivity contribution in [3.63, 3.8) is 0 Å². The topological polar surface area (TPSA) is 466 Å². The molecule has 0 spiro atoms. The number of aromatic hydroxyl groups is 2. The van der Waals surface area contributed by atoms with Crippen molar-refractivity contribution < 1.29 is 83.1 Å². The molecule has 0 unspecified atom stereocenters. The second kappa shape index (κ2) is 32.0. The van der Waals surface area contributed by atoms with E-state index in [1.54, 1.807) is 13.8 Å². The van der Waals surface area contributed by atoms with Gasteiger partial charge in [0.2, 0.25) is 59.1 Å². The van der Waals surface area contributed by atoms with E-state index in [0.717, 1.165) is 0 Å². The highest BCUT2D eigenvalue weighted by Crippen LogP contribution is 2.14. The number of aliphatic carboxylic acids is 2. The Morgan fingerprint density at radius 1 is 0.513 bits per heavy atom. The average molecular weight is 1070 g/mol. The molecule has 2 aromatic carbocycles. The monoisotopic (exact) mass is 1070 g/mol. The molecular formula is C48H69N11O17. The van der Waals surface area contributed by atoms with Gasteiger partial charge in [-0.3, -0.25) is 52.7 Å². The van der Waals surface area contributed by atoms with Crippen LogP contribution in [0.3, 0.4) is 0 Å². The van der Waals surface area contributed by atoms with Gasteiger partial charge in [0, 0.05) is 25.7 Å². The van der Waals surface area contributed by atoms with Crippen LogP contribution in [-0.4, -0.2) is 165 Å². The van der Waals surface area contributed by atoms with Crippen LogP contribution in [0.2, 0.25) is 0 Å². The molecule has 8 atom stereocenters. The van der Waals surface area contributed by atoms with Gasteiger partial charge in [-0.05, 0) is 60.1 Å². The third-order valence-electron chi connectivity index (χ3n) is 11.5. The first-order chi connectivity index (χ1) is 35.7. The maximum Gasteiger partial charge on any atom is 0.326 e. The van der Waals surface area contributed by atoms with Crippen LogP contribution in [0.5, 0.6) is 11.5 Å². The van der Waals surface area contributed by atoms with Gasteiger partial charge in [0.1, 0.15) is 47.8 Å². The Balaban J connectivity index is 2.24. The zero-order valence-electron chi connectivity index (χ0n) is 42.4. The van der Waals surface area contributed by atoms with Gasteiger partial charge in [-0.2, -0.15) is 0 Å². The third-order valence-corrected chi connectivity index (χ3v) is 11.5. The normalized spacial score (nSPS) is 14.0. The Labute approximate surface area is 436 Å². The predicted molar refractivity (Wildman–Crippen MR) is 267 cm³/mol. The number of nitrogens with one attached hydrogen (secondary N) is 9. The van der Waals surface area contributed by atoms with E-state index in [0.29, 0.717) is 17.5 Å². The minimum absolute atomic E-state index is 0.0945. The van der Waals surface area contributed by atoms with Crippen molar-refractivity contribution in [2.75, 3.05) is 26.2 Å². The lowest BCUT2D eigenvalue weighted by molar-refractivity contribution is -0.143. The molecule has 28 nitrogen and oxygen atoms in total. The fourth-order valence-corrected chi connectivity index (χ4v) is 6.89. The maximum absolute atomic E-state index is 14.0. The van der Waals surface area contributed by atoms with Crippen LogP contribution in [0.4, 0.5) is 0 Å². The van der Waals surface area contributed by atoms with Crippen molar-refractivity contribution in [2.24, 2.45) is 23.3 Å². The zero-order valence-corrected chi connectivity index (χ0v) is 42.4. The molecule has 0 bridgehead atoms. The summed E-state index contributed by atoms with van der Waals surface area (Å²) in [5.41, 5.74) is 12.0. The molecule has 2 rings (SSSR count). The van der Waals surface area contributed by atoms with Crippen LogP contribution in [-0.2, 0) is 70.4 Å². The van der Waals surface area contributed by atoms with E-state index in [-0.39, 0.29) is 30.8 Å². The van der Waals surface area contributed by atoms with Crippen molar-refractivity contribution in [1.29, 1.82) is 0 Å². The Morgan fingerprint density at radius 2 is 0.974 bits per heavy atom. The molecule has 0 aliphatic carbocycles. The summed E-state index contributed by atoms with van der Waals surface area (Å²) in [6.45, 7) is 3.26. The van der Waals surface area contributed by atoms with Crippen molar-refractivity contribution >= 4 is 71.0 Å². The van der Waals surface area contributed by atoms with Crippen LogP contribution in [0.1, 0.15) is 70.9 Å². The number of hydrogen-bond acceptors (Lipinski definition) is 16. The lowest BCUT2D eigenvalue weighted by atomic mass is 9.99. The molecule has 0 saturated carbocycles. The number of nitrogens with two attached hydrogens (primary N) is 2. The number of phenolic OH excluding ortho intramolecular Hbond substituents is 2. The number of carbonyl (C=O) groups is 12. The summed E-state index contributed by atoms with van der Waals surface area (Å²) < 4.78 is 0. The first kappa shape index (κ1) is 63.7. The molecule has 0 saturated heterocycles. The van der Waals surface area contributed by atoms with E-state index in [1.165, 1.54) is 62.4 Å². The number of phenols is 2. The molecule has 10 amide bonds. The molecule has 0 aromatic heterocycles. The van der Waals surface area contributed by atoms with Gasteiger partial charge in [-0.25, -0.2) is 4.79 Å². The molecule has 76 heavy (non-hydrogen) atoms. The second-order valence-electron chi connectivity index (χ2n) is 18.0. The number of rotatable bonds is 33. The molecule has 18 N–H and O–H groups in total. The van der Waals surface area contributed by atoms with Gasteiger partial charge in [0.25, 0.3) is 0 Å². The van der Waals surface area contributed by atoms with Gasteiger partial charge in [0.15, 0.2) is 0 Å². The number of carboxylic acids is 2. The van der Waals surface area contributed by atoms with Gasteiger partial charge in [0.05, 0.1) is 32.3 Å². The van der Waals surface area contributed by atoms with Gasteiger partial charge >= 0.3 is 11.9 Å². The smallest absolute Gasteiger partial charge is 0.326 e. The van der Waals surface area contributed by atoms with Crippen LogP contribution in [0.15, 0.2) is 48.5 Å². The number of aliphatic hydroxyl groups excluding tert-OH is 1. The quantitative estimate of drug-likeness (QED) is 0.0320. The van der Waals surface area contributed by atoms with E-state index in [4.69, 9.17) is 16.6 Å². The largest absolute Gasteiger partial charge is 0.508 e. The van der Waals surface area contributed by atoms with Gasteiger partial charge < -0.3 is 84.9 Å². The highest BCUT2D eigenvalue weighted by molar-refractivity contribution is 5.97. The van der Waals surface area contributed by atoms with Crippen molar-refractivity contribution in [3.8, 4) is 11.5 Å². The summed E-state index contributed by atoms with van der Waals surface area (Å²) in [7, 11) is 0. The number of carboxylic acid groups (broad SMARTS) is 2. The fraction of sp³-hybridized carbons (Fsp3) is 0.500. The number of primary amides is 1. The van der Waals surface area contributed by atoms with Gasteiger partial charge in [-0.1, -0.05) is 58.4 Å². The van der Waals surface area contributed by atoms with Crippen molar-refractivity contribution in [3.05, 3.63) is 59.7 Å². The van der Waals surface area contributed by atoms with E-state index >= 15 is 0 Å². The molecule has 0 fully saturated rings. The minimum Gasteiger partial charge on any atom is -0.508 e.